The largest absolute Gasteiger partial charge is 0.393 e. The van der Waals surface area contributed by atoms with Gasteiger partial charge < -0.3 is 5.11 Å². The second kappa shape index (κ2) is 5.66. The third kappa shape index (κ3) is 3.75. The Bertz CT molecular complexity index is 409. The van der Waals surface area contributed by atoms with Crippen molar-refractivity contribution in [1.82, 2.24) is 0 Å². The van der Waals surface area contributed by atoms with Crippen LogP contribution in [-0.2, 0) is 6.42 Å². The molecule has 1 aliphatic rings. The Kier molecular flexibility index (Phi) is 4.38. The standard InChI is InChI=1S/C14H17BrF2O/c15-13-4-2-1-3-11(13)8-12(18)7-10-5-6-14(16,17)9-10/h1-4,10,12,18H,5-9H2. The van der Waals surface area contributed by atoms with Gasteiger partial charge in [0.2, 0.25) is 5.92 Å². The van der Waals surface area contributed by atoms with Gasteiger partial charge in [-0.15, -0.1) is 0 Å². The monoisotopic (exact) mass is 318 g/mol. The zero-order chi connectivity index (χ0) is 13.2. The molecule has 1 saturated carbocycles. The van der Waals surface area contributed by atoms with E-state index in [9.17, 15) is 13.9 Å². The lowest BCUT2D eigenvalue weighted by Gasteiger charge is -2.16. The topological polar surface area (TPSA) is 20.2 Å². The van der Waals surface area contributed by atoms with Crippen molar-refractivity contribution in [3.05, 3.63) is 34.3 Å². The quantitative estimate of drug-likeness (QED) is 0.883. The maximum Gasteiger partial charge on any atom is 0.248 e. The van der Waals surface area contributed by atoms with Gasteiger partial charge in [0.15, 0.2) is 0 Å². The van der Waals surface area contributed by atoms with Crippen LogP contribution in [0, 0.1) is 5.92 Å². The lowest BCUT2D eigenvalue weighted by Crippen LogP contribution is -2.17. The summed E-state index contributed by atoms with van der Waals surface area (Å²) in [7, 11) is 0. The Morgan fingerprint density at radius 1 is 1.39 bits per heavy atom. The van der Waals surface area contributed by atoms with Crippen LogP contribution in [0.3, 0.4) is 0 Å². The summed E-state index contributed by atoms with van der Waals surface area (Å²) in [5.41, 5.74) is 1.02. The summed E-state index contributed by atoms with van der Waals surface area (Å²) in [6, 6.07) is 7.69. The van der Waals surface area contributed by atoms with Crippen LogP contribution >= 0.6 is 15.9 Å². The number of aliphatic hydroxyl groups is 1. The van der Waals surface area contributed by atoms with E-state index in [0.717, 1.165) is 10.0 Å². The van der Waals surface area contributed by atoms with Crippen molar-refractivity contribution in [2.45, 2.75) is 44.1 Å². The number of rotatable bonds is 4. The molecule has 0 aromatic heterocycles. The van der Waals surface area contributed by atoms with Crippen LogP contribution in [0.15, 0.2) is 28.7 Å². The molecule has 18 heavy (non-hydrogen) atoms. The molecule has 0 amide bonds. The molecule has 0 heterocycles. The van der Waals surface area contributed by atoms with E-state index in [2.05, 4.69) is 15.9 Å². The maximum absolute atomic E-state index is 13.0. The molecular weight excluding hydrogens is 302 g/mol. The number of hydrogen-bond donors (Lipinski definition) is 1. The zero-order valence-corrected chi connectivity index (χ0v) is 11.7. The smallest absolute Gasteiger partial charge is 0.248 e. The van der Waals surface area contributed by atoms with Crippen LogP contribution in [0.1, 0.15) is 31.2 Å². The van der Waals surface area contributed by atoms with Gasteiger partial charge in [-0.25, -0.2) is 8.78 Å². The van der Waals surface area contributed by atoms with Crippen LogP contribution in [-0.4, -0.2) is 17.1 Å². The van der Waals surface area contributed by atoms with Crippen molar-refractivity contribution in [1.29, 1.82) is 0 Å². The molecule has 1 aromatic rings. The molecule has 2 unspecified atom stereocenters. The van der Waals surface area contributed by atoms with E-state index in [1.54, 1.807) is 0 Å². The van der Waals surface area contributed by atoms with E-state index in [4.69, 9.17) is 0 Å². The van der Waals surface area contributed by atoms with Crippen molar-refractivity contribution in [2.24, 2.45) is 5.92 Å². The fourth-order valence-corrected chi connectivity index (χ4v) is 3.08. The fraction of sp³-hybridized carbons (Fsp3) is 0.571. The van der Waals surface area contributed by atoms with Gasteiger partial charge in [0, 0.05) is 17.3 Å². The SMILES string of the molecule is OC(Cc1ccccc1Br)CC1CCC(F)(F)C1. The Balaban J connectivity index is 1.86. The van der Waals surface area contributed by atoms with Gasteiger partial charge in [0.25, 0.3) is 0 Å². The van der Waals surface area contributed by atoms with E-state index >= 15 is 0 Å². The first kappa shape index (κ1) is 13.9. The predicted octanol–water partition coefficient (Wildman–Crippen LogP) is 4.18. The maximum atomic E-state index is 13.0. The highest BCUT2D eigenvalue weighted by molar-refractivity contribution is 9.10. The summed E-state index contributed by atoms with van der Waals surface area (Å²) in [5, 5.41) is 9.99. The van der Waals surface area contributed by atoms with Crippen LogP contribution in [0.2, 0.25) is 0 Å². The average Bonchev–Trinajstić information content (AvgIpc) is 2.61. The van der Waals surface area contributed by atoms with Crippen LogP contribution in [0.5, 0.6) is 0 Å². The number of halogens is 3. The minimum atomic E-state index is -2.52. The molecule has 100 valence electrons. The first-order valence-electron chi connectivity index (χ1n) is 6.25. The fourth-order valence-electron chi connectivity index (χ4n) is 2.63. The summed E-state index contributed by atoms with van der Waals surface area (Å²) < 4.78 is 27.1. The van der Waals surface area contributed by atoms with E-state index in [0.29, 0.717) is 19.3 Å². The van der Waals surface area contributed by atoms with Gasteiger partial charge in [-0.05, 0) is 36.8 Å². The third-order valence-electron chi connectivity index (χ3n) is 3.52. The van der Waals surface area contributed by atoms with Crippen molar-refractivity contribution < 1.29 is 13.9 Å². The molecule has 1 nitrogen and oxygen atoms in total. The molecule has 1 fully saturated rings. The molecule has 2 rings (SSSR count). The van der Waals surface area contributed by atoms with Gasteiger partial charge in [-0.2, -0.15) is 0 Å². The Morgan fingerprint density at radius 3 is 2.72 bits per heavy atom. The van der Waals surface area contributed by atoms with Gasteiger partial charge in [-0.1, -0.05) is 34.1 Å². The summed E-state index contributed by atoms with van der Waals surface area (Å²) in [4.78, 5) is 0. The van der Waals surface area contributed by atoms with Crippen molar-refractivity contribution >= 4 is 15.9 Å². The van der Waals surface area contributed by atoms with Crippen molar-refractivity contribution in [3.63, 3.8) is 0 Å². The van der Waals surface area contributed by atoms with Crippen molar-refractivity contribution in [3.8, 4) is 0 Å². The molecule has 4 heteroatoms. The first-order valence-corrected chi connectivity index (χ1v) is 7.05. The van der Waals surface area contributed by atoms with Crippen LogP contribution in [0.25, 0.3) is 0 Å². The highest BCUT2D eigenvalue weighted by atomic mass is 79.9. The summed E-state index contributed by atoms with van der Waals surface area (Å²) in [5.74, 6) is -2.56. The van der Waals surface area contributed by atoms with E-state index in [1.165, 1.54) is 0 Å². The highest BCUT2D eigenvalue weighted by Crippen LogP contribution is 2.41. The Labute approximate surface area is 114 Å². The molecule has 2 atom stereocenters. The molecule has 0 radical (unpaired) electrons. The summed E-state index contributed by atoms with van der Waals surface area (Å²) >= 11 is 3.42. The first-order chi connectivity index (χ1) is 8.46. The normalized spacial score (nSPS) is 24.1. The number of aliphatic hydroxyl groups excluding tert-OH is 1. The van der Waals surface area contributed by atoms with E-state index < -0.39 is 12.0 Å². The minimum absolute atomic E-state index is 0.0284. The van der Waals surface area contributed by atoms with Gasteiger partial charge in [0.05, 0.1) is 6.10 Å². The molecule has 0 bridgehead atoms. The van der Waals surface area contributed by atoms with Crippen LogP contribution < -0.4 is 0 Å². The highest BCUT2D eigenvalue weighted by Gasteiger charge is 2.39. The predicted molar refractivity (Wildman–Crippen MR) is 70.8 cm³/mol. The molecule has 0 spiro atoms. The number of benzene rings is 1. The Hall–Kier alpha value is -0.480. The van der Waals surface area contributed by atoms with Crippen LogP contribution in [0.4, 0.5) is 8.78 Å². The zero-order valence-electron chi connectivity index (χ0n) is 10.1. The second-order valence-corrected chi connectivity index (χ2v) is 6.00. The van der Waals surface area contributed by atoms with Gasteiger partial charge in [-0.3, -0.25) is 0 Å². The number of alkyl halides is 2. The lowest BCUT2D eigenvalue weighted by atomic mass is 9.96. The van der Waals surface area contributed by atoms with E-state index in [1.807, 2.05) is 24.3 Å². The molecule has 0 aliphatic heterocycles. The Morgan fingerprint density at radius 2 is 2.11 bits per heavy atom. The third-order valence-corrected chi connectivity index (χ3v) is 4.30. The minimum Gasteiger partial charge on any atom is -0.393 e. The average molecular weight is 319 g/mol. The lowest BCUT2D eigenvalue weighted by molar-refractivity contribution is 0.00264. The van der Waals surface area contributed by atoms with E-state index in [-0.39, 0.29) is 18.8 Å². The number of hydrogen-bond acceptors (Lipinski definition) is 1. The summed E-state index contributed by atoms with van der Waals surface area (Å²) in [6.07, 6.45) is 0.877. The molecular formula is C14H17BrF2O. The molecule has 1 N–H and O–H groups in total. The van der Waals surface area contributed by atoms with Gasteiger partial charge in [0.1, 0.15) is 0 Å². The second-order valence-electron chi connectivity index (χ2n) is 5.15. The molecule has 1 aromatic carbocycles. The molecule has 0 saturated heterocycles. The summed E-state index contributed by atoms with van der Waals surface area (Å²) in [6.45, 7) is 0. The van der Waals surface area contributed by atoms with Gasteiger partial charge >= 0.3 is 0 Å². The molecule has 1 aliphatic carbocycles. The van der Waals surface area contributed by atoms with Crippen molar-refractivity contribution in [2.75, 3.05) is 0 Å².